The minimum Gasteiger partial charge on any atom is -0.497 e. The first-order valence-corrected chi connectivity index (χ1v) is 17.5. The van der Waals surface area contributed by atoms with E-state index in [0.717, 1.165) is 15.9 Å². The molecule has 0 heterocycles. The van der Waals surface area contributed by atoms with Crippen LogP contribution in [0.2, 0.25) is 5.02 Å². The Kier molecular flexibility index (Phi) is 12.4. The first kappa shape index (κ1) is 36.9. The van der Waals surface area contributed by atoms with E-state index in [0.29, 0.717) is 22.8 Å². The highest BCUT2D eigenvalue weighted by Crippen LogP contribution is 2.30. The van der Waals surface area contributed by atoms with Crippen LogP contribution in [0.3, 0.4) is 0 Å². The van der Waals surface area contributed by atoms with Gasteiger partial charge in [0.1, 0.15) is 18.3 Å². The van der Waals surface area contributed by atoms with Gasteiger partial charge >= 0.3 is 0 Å². The fourth-order valence-corrected chi connectivity index (χ4v) is 6.83. The fourth-order valence-electron chi connectivity index (χ4n) is 5.18. The summed E-state index contributed by atoms with van der Waals surface area (Å²) >= 11 is 6.30. The highest BCUT2D eigenvalue weighted by Gasteiger charge is 2.35. The lowest BCUT2D eigenvalue weighted by atomic mass is 10.0. The fraction of sp³-hybridized carbons (Fsp3) is 0.278. The minimum absolute atomic E-state index is 0.0582. The number of nitrogens with one attached hydrogen (secondary N) is 1. The smallest absolute Gasteiger partial charge is 0.273 e. The van der Waals surface area contributed by atoms with Gasteiger partial charge in [-0.1, -0.05) is 67.1 Å². The highest BCUT2D eigenvalue weighted by molar-refractivity contribution is 7.92. The summed E-state index contributed by atoms with van der Waals surface area (Å²) in [4.78, 5) is 40.6. The average molecular weight is 707 g/mol. The van der Waals surface area contributed by atoms with Crippen molar-refractivity contribution < 1.29 is 27.7 Å². The second kappa shape index (κ2) is 16.4. The quantitative estimate of drug-likeness (QED) is 0.113. The number of anilines is 1. The Morgan fingerprint density at radius 2 is 1.63 bits per heavy atom. The van der Waals surface area contributed by atoms with Crippen LogP contribution in [0.1, 0.15) is 37.0 Å². The number of hydrogen-bond acceptors (Lipinski definition) is 7. The van der Waals surface area contributed by atoms with E-state index < -0.39 is 39.3 Å². The zero-order valence-corrected chi connectivity index (χ0v) is 29.3. The monoisotopic (exact) mass is 706 g/mol. The van der Waals surface area contributed by atoms with E-state index in [4.69, 9.17) is 16.3 Å². The van der Waals surface area contributed by atoms with Crippen LogP contribution in [0.15, 0.2) is 102 Å². The second-order valence-electron chi connectivity index (χ2n) is 11.6. The largest absolute Gasteiger partial charge is 0.497 e. The Bertz CT molecular complexity index is 1890. The van der Waals surface area contributed by atoms with Crippen molar-refractivity contribution in [3.63, 3.8) is 0 Å². The van der Waals surface area contributed by atoms with Crippen molar-refractivity contribution in [3.8, 4) is 5.75 Å². The standard InChI is InChI=1S/C36H39ClN4O7S/c1-5-26(3)38-36(43)34(21-27-10-7-6-8-11-27)39(23-28-12-9-13-29(37)20-28)35(42)24-40(30-15-17-31(48-4)18-16-30)49(46,47)32-19-14-25(2)33(22-32)41(44)45/h6-20,22,26,34H,5,21,23-24H2,1-4H3,(H,38,43)/t26-,34-/m0/s1. The third-order valence-electron chi connectivity index (χ3n) is 8.12. The molecule has 4 aromatic carbocycles. The molecule has 1 N–H and O–H groups in total. The van der Waals surface area contributed by atoms with E-state index in [1.165, 1.54) is 43.2 Å². The molecule has 2 atom stereocenters. The molecule has 0 saturated carbocycles. The molecule has 0 aliphatic rings. The number of carbonyl (C=O) groups excluding carboxylic acids is 2. The number of amides is 2. The van der Waals surface area contributed by atoms with Crippen LogP contribution in [0.5, 0.6) is 5.75 Å². The SMILES string of the molecule is CC[C@H](C)NC(=O)[C@H](Cc1ccccc1)N(Cc1cccc(Cl)c1)C(=O)CN(c1ccc(OC)cc1)S(=O)(=O)c1ccc(C)c([N+](=O)[O-])c1. The van der Waals surface area contributed by atoms with Crippen LogP contribution in [0, 0.1) is 17.0 Å². The summed E-state index contributed by atoms with van der Waals surface area (Å²) in [5.41, 5.74) is 1.43. The zero-order valence-electron chi connectivity index (χ0n) is 27.7. The molecule has 0 aromatic heterocycles. The molecular weight excluding hydrogens is 668 g/mol. The van der Waals surface area contributed by atoms with Gasteiger partial charge in [-0.2, -0.15) is 0 Å². The van der Waals surface area contributed by atoms with E-state index in [1.54, 1.807) is 36.4 Å². The van der Waals surface area contributed by atoms with Crippen molar-refractivity contribution in [2.75, 3.05) is 18.0 Å². The number of methoxy groups -OCH3 is 1. The number of nitro benzene ring substituents is 1. The van der Waals surface area contributed by atoms with E-state index in [2.05, 4.69) is 5.32 Å². The molecule has 4 aromatic rings. The summed E-state index contributed by atoms with van der Waals surface area (Å²) < 4.78 is 34.8. The second-order valence-corrected chi connectivity index (χ2v) is 13.9. The molecule has 0 saturated heterocycles. The average Bonchev–Trinajstić information content (AvgIpc) is 3.09. The van der Waals surface area contributed by atoms with Crippen LogP contribution in [0.4, 0.5) is 11.4 Å². The normalized spacial score (nSPS) is 12.4. The molecule has 258 valence electrons. The molecular formula is C36H39ClN4O7S. The van der Waals surface area contributed by atoms with Gasteiger partial charge < -0.3 is 15.0 Å². The summed E-state index contributed by atoms with van der Waals surface area (Å²) in [6.45, 7) is 4.51. The van der Waals surface area contributed by atoms with Crippen molar-refractivity contribution in [2.45, 2.75) is 57.1 Å². The first-order chi connectivity index (χ1) is 23.3. The highest BCUT2D eigenvalue weighted by atomic mass is 35.5. The predicted molar refractivity (Wildman–Crippen MR) is 189 cm³/mol. The molecule has 0 spiro atoms. The predicted octanol–water partition coefficient (Wildman–Crippen LogP) is 6.32. The summed E-state index contributed by atoms with van der Waals surface area (Å²) in [5.74, 6) is -0.631. The number of hydrogen-bond donors (Lipinski definition) is 1. The van der Waals surface area contributed by atoms with E-state index >= 15 is 0 Å². The Balaban J connectivity index is 1.85. The maximum absolute atomic E-state index is 14.6. The van der Waals surface area contributed by atoms with Gasteiger partial charge in [0.05, 0.1) is 22.6 Å². The lowest BCUT2D eigenvalue weighted by Crippen LogP contribution is -2.54. The van der Waals surface area contributed by atoms with E-state index in [-0.39, 0.29) is 40.8 Å². The first-order valence-electron chi connectivity index (χ1n) is 15.6. The number of nitrogens with zero attached hydrogens (tertiary/aromatic N) is 3. The van der Waals surface area contributed by atoms with Gasteiger partial charge in [0.2, 0.25) is 11.8 Å². The summed E-state index contributed by atoms with van der Waals surface area (Å²) in [7, 11) is -3.10. The molecule has 0 fully saturated rings. The summed E-state index contributed by atoms with van der Waals surface area (Å²) in [6.07, 6.45) is 0.799. The van der Waals surface area contributed by atoms with Crippen molar-refractivity contribution >= 4 is 44.8 Å². The van der Waals surface area contributed by atoms with Crippen molar-refractivity contribution in [1.82, 2.24) is 10.2 Å². The molecule has 0 radical (unpaired) electrons. The molecule has 11 nitrogen and oxygen atoms in total. The Hall–Kier alpha value is -4.94. The Morgan fingerprint density at radius 1 is 0.959 bits per heavy atom. The number of ether oxygens (including phenoxy) is 1. The number of carbonyl (C=O) groups is 2. The molecule has 0 bridgehead atoms. The molecule has 0 aliphatic carbocycles. The van der Waals surface area contributed by atoms with Crippen LogP contribution in [-0.4, -0.2) is 55.8 Å². The van der Waals surface area contributed by atoms with Gasteiger partial charge in [-0.3, -0.25) is 24.0 Å². The van der Waals surface area contributed by atoms with Gasteiger partial charge in [-0.15, -0.1) is 0 Å². The number of rotatable bonds is 15. The lowest BCUT2D eigenvalue weighted by Gasteiger charge is -2.34. The zero-order chi connectivity index (χ0) is 35.7. The maximum atomic E-state index is 14.6. The Labute approximate surface area is 291 Å². The molecule has 4 rings (SSSR count). The third-order valence-corrected chi connectivity index (χ3v) is 10.1. The van der Waals surface area contributed by atoms with Crippen molar-refractivity contribution in [2.24, 2.45) is 0 Å². The molecule has 49 heavy (non-hydrogen) atoms. The Morgan fingerprint density at radius 3 is 2.24 bits per heavy atom. The number of sulfonamides is 1. The maximum Gasteiger partial charge on any atom is 0.273 e. The van der Waals surface area contributed by atoms with Gasteiger partial charge in [0.15, 0.2) is 0 Å². The molecule has 2 amide bonds. The van der Waals surface area contributed by atoms with Gasteiger partial charge in [-0.25, -0.2) is 8.42 Å². The van der Waals surface area contributed by atoms with E-state index in [9.17, 15) is 28.1 Å². The van der Waals surface area contributed by atoms with Gasteiger partial charge in [-0.05, 0) is 73.9 Å². The number of halogens is 1. The number of nitro groups is 1. The van der Waals surface area contributed by atoms with Crippen LogP contribution in [0.25, 0.3) is 0 Å². The van der Waals surface area contributed by atoms with Gasteiger partial charge in [0, 0.05) is 35.7 Å². The number of benzene rings is 4. The lowest BCUT2D eigenvalue weighted by molar-refractivity contribution is -0.385. The van der Waals surface area contributed by atoms with Gasteiger partial charge in [0.25, 0.3) is 15.7 Å². The minimum atomic E-state index is -4.56. The summed E-state index contributed by atoms with van der Waals surface area (Å²) in [5, 5.41) is 15.2. The summed E-state index contributed by atoms with van der Waals surface area (Å²) in [6, 6.07) is 24.5. The number of aryl methyl sites for hydroxylation is 1. The van der Waals surface area contributed by atoms with E-state index in [1.807, 2.05) is 44.2 Å². The third kappa shape index (κ3) is 9.36. The molecule has 13 heteroatoms. The topological polar surface area (TPSA) is 139 Å². The van der Waals surface area contributed by atoms with Crippen molar-refractivity contribution in [1.29, 1.82) is 0 Å². The van der Waals surface area contributed by atoms with Crippen molar-refractivity contribution in [3.05, 3.63) is 129 Å². The molecule has 0 aliphatic heterocycles. The van der Waals surface area contributed by atoms with Crippen LogP contribution in [-0.2, 0) is 32.6 Å². The van der Waals surface area contributed by atoms with Crippen LogP contribution < -0.4 is 14.4 Å². The van der Waals surface area contributed by atoms with Crippen LogP contribution >= 0.6 is 11.6 Å². The molecule has 0 unspecified atom stereocenters.